The van der Waals surface area contributed by atoms with Crippen molar-refractivity contribution >= 4 is 21.8 Å². The van der Waals surface area contributed by atoms with Crippen LogP contribution in [0.5, 0.6) is 5.75 Å². The number of carbonyl (C=O) groups excluding carboxylic acids is 1. The second kappa shape index (κ2) is 6.82. The van der Waals surface area contributed by atoms with Crippen LogP contribution in [0.4, 0.5) is 0 Å². The van der Waals surface area contributed by atoms with Gasteiger partial charge in [0.15, 0.2) is 6.10 Å². The summed E-state index contributed by atoms with van der Waals surface area (Å²) in [7, 11) is 0. The molecule has 4 nitrogen and oxygen atoms in total. The van der Waals surface area contributed by atoms with E-state index >= 15 is 0 Å². The van der Waals surface area contributed by atoms with Gasteiger partial charge in [-0.2, -0.15) is 5.26 Å². The Morgan fingerprint density at radius 3 is 2.67 bits per heavy atom. The van der Waals surface area contributed by atoms with Gasteiger partial charge < -0.3 is 10.1 Å². The summed E-state index contributed by atoms with van der Waals surface area (Å²) in [6.07, 6.45) is -0.607. The molecule has 1 aromatic rings. The highest BCUT2D eigenvalue weighted by Gasteiger charge is 2.13. The molecule has 0 spiro atoms. The maximum atomic E-state index is 11.6. The number of nitrogens with zero attached hydrogens (tertiary/aromatic N) is 1. The van der Waals surface area contributed by atoms with Crippen LogP contribution in [0.15, 0.2) is 35.3 Å². The van der Waals surface area contributed by atoms with E-state index in [1.54, 1.807) is 31.2 Å². The first-order chi connectivity index (χ1) is 8.52. The zero-order valence-electron chi connectivity index (χ0n) is 9.94. The lowest BCUT2D eigenvalue weighted by Crippen LogP contribution is -2.36. The van der Waals surface area contributed by atoms with Crippen molar-refractivity contribution in [2.45, 2.75) is 13.0 Å². The number of rotatable bonds is 5. The smallest absolute Gasteiger partial charge is 0.261 e. The predicted octanol–water partition coefficient (Wildman–Crippen LogP) is 2.35. The lowest BCUT2D eigenvalue weighted by Gasteiger charge is -2.14. The first kappa shape index (κ1) is 14.3. The van der Waals surface area contributed by atoms with Crippen LogP contribution in [-0.2, 0) is 4.79 Å². The van der Waals surface area contributed by atoms with Gasteiger partial charge in [0, 0.05) is 11.0 Å². The van der Waals surface area contributed by atoms with Crippen molar-refractivity contribution in [2.75, 3.05) is 6.54 Å². The van der Waals surface area contributed by atoms with Crippen LogP contribution in [0.2, 0.25) is 0 Å². The SMILES string of the molecule is C=C(Br)CNC(=O)[C@@H](C)Oc1ccc(C#N)cc1. The van der Waals surface area contributed by atoms with Crippen LogP contribution in [-0.4, -0.2) is 18.6 Å². The summed E-state index contributed by atoms with van der Waals surface area (Å²) in [6, 6.07) is 8.61. The summed E-state index contributed by atoms with van der Waals surface area (Å²) >= 11 is 3.15. The summed E-state index contributed by atoms with van der Waals surface area (Å²) in [5, 5.41) is 11.3. The summed E-state index contributed by atoms with van der Waals surface area (Å²) in [6.45, 7) is 5.64. The summed E-state index contributed by atoms with van der Waals surface area (Å²) in [5.74, 6) is 0.328. The van der Waals surface area contributed by atoms with E-state index in [4.69, 9.17) is 10.00 Å². The molecule has 0 saturated heterocycles. The van der Waals surface area contributed by atoms with Crippen LogP contribution in [0.1, 0.15) is 12.5 Å². The molecular weight excluding hydrogens is 296 g/mol. The van der Waals surface area contributed by atoms with Gasteiger partial charge in [0.05, 0.1) is 11.6 Å². The van der Waals surface area contributed by atoms with Gasteiger partial charge in [0.1, 0.15) is 5.75 Å². The third-order valence-electron chi connectivity index (χ3n) is 2.12. The van der Waals surface area contributed by atoms with Crippen LogP contribution in [0.25, 0.3) is 0 Å². The number of nitrogens with one attached hydrogen (secondary N) is 1. The highest BCUT2D eigenvalue weighted by atomic mass is 79.9. The van der Waals surface area contributed by atoms with Crippen LogP contribution < -0.4 is 10.1 Å². The third kappa shape index (κ3) is 4.60. The topological polar surface area (TPSA) is 62.1 Å². The number of ether oxygens (including phenoxy) is 1. The summed E-state index contributed by atoms with van der Waals surface area (Å²) in [5.41, 5.74) is 0.551. The van der Waals surface area contributed by atoms with E-state index in [-0.39, 0.29) is 5.91 Å². The molecule has 1 atom stereocenters. The second-order valence-corrected chi connectivity index (χ2v) is 4.75. The number of halogens is 1. The van der Waals surface area contributed by atoms with E-state index in [1.807, 2.05) is 6.07 Å². The number of nitriles is 1. The highest BCUT2D eigenvalue weighted by molar-refractivity contribution is 9.11. The van der Waals surface area contributed by atoms with Crippen LogP contribution in [0.3, 0.4) is 0 Å². The van der Waals surface area contributed by atoms with Gasteiger partial charge in [-0.1, -0.05) is 22.5 Å². The molecule has 0 bridgehead atoms. The van der Waals surface area contributed by atoms with Crippen molar-refractivity contribution in [2.24, 2.45) is 0 Å². The summed E-state index contributed by atoms with van der Waals surface area (Å²) in [4.78, 5) is 11.6. The Morgan fingerprint density at radius 1 is 1.56 bits per heavy atom. The molecule has 1 aromatic carbocycles. The monoisotopic (exact) mass is 308 g/mol. The van der Waals surface area contributed by atoms with Gasteiger partial charge in [0.25, 0.3) is 5.91 Å². The second-order valence-electron chi connectivity index (χ2n) is 3.63. The molecule has 1 rings (SSSR count). The lowest BCUT2D eigenvalue weighted by molar-refractivity contribution is -0.127. The molecule has 0 aromatic heterocycles. The standard InChI is InChI=1S/C13H13BrN2O2/c1-9(14)8-16-13(17)10(2)18-12-5-3-11(7-15)4-6-12/h3-6,10H,1,8H2,2H3,(H,16,17)/t10-/m1/s1. The quantitative estimate of drug-likeness (QED) is 0.908. The Balaban J connectivity index is 2.53. The molecule has 0 fully saturated rings. The van der Waals surface area contributed by atoms with Crippen LogP contribution >= 0.6 is 15.9 Å². The molecule has 5 heteroatoms. The van der Waals surface area contributed by atoms with E-state index in [0.29, 0.717) is 22.3 Å². The number of hydrogen-bond donors (Lipinski definition) is 1. The Morgan fingerprint density at radius 2 is 2.17 bits per heavy atom. The Labute approximate surface area is 114 Å². The third-order valence-corrected chi connectivity index (χ3v) is 2.40. The van der Waals surface area contributed by atoms with Crippen molar-refractivity contribution < 1.29 is 9.53 Å². The minimum absolute atomic E-state index is 0.222. The van der Waals surface area contributed by atoms with Crippen molar-refractivity contribution in [3.8, 4) is 11.8 Å². The van der Waals surface area contributed by atoms with Gasteiger partial charge in [-0.15, -0.1) is 0 Å². The van der Waals surface area contributed by atoms with Crippen molar-refractivity contribution in [1.29, 1.82) is 5.26 Å². The van der Waals surface area contributed by atoms with Gasteiger partial charge in [-0.05, 0) is 31.2 Å². The van der Waals surface area contributed by atoms with E-state index in [9.17, 15) is 4.79 Å². The molecule has 1 amide bonds. The van der Waals surface area contributed by atoms with Gasteiger partial charge >= 0.3 is 0 Å². The van der Waals surface area contributed by atoms with Gasteiger partial charge in [-0.3, -0.25) is 4.79 Å². The average molecular weight is 309 g/mol. The van der Waals surface area contributed by atoms with E-state index in [0.717, 1.165) is 0 Å². The number of benzene rings is 1. The first-order valence-electron chi connectivity index (χ1n) is 5.30. The Hall–Kier alpha value is -1.80. The van der Waals surface area contributed by atoms with E-state index < -0.39 is 6.10 Å². The van der Waals surface area contributed by atoms with Crippen molar-refractivity contribution in [1.82, 2.24) is 5.32 Å². The molecule has 94 valence electrons. The van der Waals surface area contributed by atoms with Crippen molar-refractivity contribution in [3.63, 3.8) is 0 Å². The number of amides is 1. The lowest BCUT2D eigenvalue weighted by atomic mass is 10.2. The van der Waals surface area contributed by atoms with Gasteiger partial charge in [0.2, 0.25) is 0 Å². The Kier molecular flexibility index (Phi) is 5.40. The number of hydrogen-bond acceptors (Lipinski definition) is 3. The average Bonchev–Trinajstić information content (AvgIpc) is 2.36. The maximum Gasteiger partial charge on any atom is 0.261 e. The van der Waals surface area contributed by atoms with E-state index in [2.05, 4.69) is 27.8 Å². The molecule has 0 unspecified atom stereocenters. The molecule has 1 N–H and O–H groups in total. The molecule has 18 heavy (non-hydrogen) atoms. The minimum atomic E-state index is -0.607. The Bertz CT molecular complexity index is 477. The molecule has 0 heterocycles. The fourth-order valence-corrected chi connectivity index (χ4v) is 1.33. The van der Waals surface area contributed by atoms with Crippen molar-refractivity contribution in [3.05, 3.63) is 40.9 Å². The fraction of sp³-hybridized carbons (Fsp3) is 0.231. The summed E-state index contributed by atoms with van der Waals surface area (Å²) < 4.78 is 6.14. The zero-order valence-corrected chi connectivity index (χ0v) is 11.5. The minimum Gasteiger partial charge on any atom is -0.481 e. The molecule has 0 aliphatic heterocycles. The predicted molar refractivity (Wildman–Crippen MR) is 72.3 cm³/mol. The fourth-order valence-electron chi connectivity index (χ4n) is 1.19. The van der Waals surface area contributed by atoms with Crippen LogP contribution in [0, 0.1) is 11.3 Å². The maximum absolute atomic E-state index is 11.6. The normalized spacial score (nSPS) is 11.2. The molecule has 0 saturated carbocycles. The largest absolute Gasteiger partial charge is 0.481 e. The first-order valence-corrected chi connectivity index (χ1v) is 6.10. The molecule has 0 radical (unpaired) electrons. The molecular formula is C13H13BrN2O2. The van der Waals surface area contributed by atoms with Gasteiger partial charge in [-0.25, -0.2) is 0 Å². The van der Waals surface area contributed by atoms with E-state index in [1.165, 1.54) is 0 Å². The number of carbonyl (C=O) groups is 1. The molecule has 0 aliphatic rings. The molecule has 0 aliphatic carbocycles. The highest BCUT2D eigenvalue weighted by Crippen LogP contribution is 2.13. The zero-order chi connectivity index (χ0) is 13.5.